The summed E-state index contributed by atoms with van der Waals surface area (Å²) in [5, 5.41) is 13.4. The molecule has 0 aliphatic rings. The number of aromatic nitrogens is 1. The van der Waals surface area contributed by atoms with E-state index in [1.165, 1.54) is 6.20 Å². The maximum absolute atomic E-state index is 11.5. The van der Waals surface area contributed by atoms with E-state index in [0.717, 1.165) is 0 Å². The van der Waals surface area contributed by atoms with Gasteiger partial charge in [-0.25, -0.2) is 14.6 Å². The van der Waals surface area contributed by atoms with E-state index in [0.29, 0.717) is 18.2 Å². The predicted molar refractivity (Wildman–Crippen MR) is 70.9 cm³/mol. The second-order valence-corrected chi connectivity index (χ2v) is 3.65. The van der Waals surface area contributed by atoms with Crippen molar-refractivity contribution in [3.05, 3.63) is 18.3 Å². The molecule has 1 aromatic rings. The van der Waals surface area contributed by atoms with Gasteiger partial charge in [-0.2, -0.15) is 0 Å². The third kappa shape index (κ3) is 6.55. The molecule has 8 nitrogen and oxygen atoms in total. The second-order valence-electron chi connectivity index (χ2n) is 3.65. The molecule has 20 heavy (non-hydrogen) atoms. The topological polar surface area (TPSA) is 110 Å². The highest BCUT2D eigenvalue weighted by Gasteiger charge is 2.02. The number of hydrogen-bond acceptors (Lipinski definition) is 5. The number of nitrogens with one attached hydrogen (secondary N) is 2. The molecular formula is C12H17N3O5. The van der Waals surface area contributed by atoms with Crippen LogP contribution in [0.3, 0.4) is 0 Å². The Labute approximate surface area is 116 Å². The maximum atomic E-state index is 11.5. The van der Waals surface area contributed by atoms with Gasteiger partial charge in [0.15, 0.2) is 0 Å². The van der Waals surface area contributed by atoms with E-state index in [-0.39, 0.29) is 19.8 Å². The van der Waals surface area contributed by atoms with Crippen molar-refractivity contribution in [3.63, 3.8) is 0 Å². The SMILES string of the molecule is CCOc1ccc(NC(=O)NCCOCC(=O)O)cn1. The number of amides is 2. The Kier molecular flexibility index (Phi) is 6.83. The smallest absolute Gasteiger partial charge is 0.329 e. The van der Waals surface area contributed by atoms with Crippen molar-refractivity contribution in [2.45, 2.75) is 6.92 Å². The standard InChI is InChI=1S/C12H17N3O5/c1-2-20-10-4-3-9(7-14-10)15-12(18)13-5-6-19-8-11(16)17/h3-4,7H,2,5-6,8H2,1H3,(H,16,17)(H2,13,15,18). The first-order chi connectivity index (χ1) is 9.61. The lowest BCUT2D eigenvalue weighted by molar-refractivity contribution is -0.142. The summed E-state index contributed by atoms with van der Waals surface area (Å²) >= 11 is 0. The van der Waals surface area contributed by atoms with Gasteiger partial charge in [0.25, 0.3) is 0 Å². The van der Waals surface area contributed by atoms with Crippen molar-refractivity contribution < 1.29 is 24.2 Å². The number of ether oxygens (including phenoxy) is 2. The molecule has 110 valence electrons. The minimum Gasteiger partial charge on any atom is -0.480 e. The zero-order chi connectivity index (χ0) is 14.8. The number of aliphatic carboxylic acids is 1. The molecule has 1 rings (SSSR count). The van der Waals surface area contributed by atoms with E-state index < -0.39 is 12.0 Å². The van der Waals surface area contributed by atoms with Gasteiger partial charge in [0, 0.05) is 12.6 Å². The molecule has 0 saturated heterocycles. The summed E-state index contributed by atoms with van der Waals surface area (Å²) in [6.07, 6.45) is 1.48. The highest BCUT2D eigenvalue weighted by Crippen LogP contribution is 2.11. The molecule has 0 radical (unpaired) electrons. The third-order valence-corrected chi connectivity index (χ3v) is 2.04. The van der Waals surface area contributed by atoms with Gasteiger partial charge >= 0.3 is 12.0 Å². The summed E-state index contributed by atoms with van der Waals surface area (Å²) in [4.78, 5) is 25.6. The molecule has 0 spiro atoms. The van der Waals surface area contributed by atoms with Crippen LogP contribution in [-0.4, -0.2) is 48.5 Å². The van der Waals surface area contributed by atoms with Crippen LogP contribution in [0.4, 0.5) is 10.5 Å². The quantitative estimate of drug-likeness (QED) is 0.606. The lowest BCUT2D eigenvalue weighted by Crippen LogP contribution is -2.32. The molecule has 1 aromatic heterocycles. The average molecular weight is 283 g/mol. The summed E-state index contributed by atoms with van der Waals surface area (Å²) in [5.74, 6) is -0.560. The number of carbonyl (C=O) groups excluding carboxylic acids is 1. The van der Waals surface area contributed by atoms with Crippen molar-refractivity contribution >= 4 is 17.7 Å². The Balaban J connectivity index is 2.22. The molecule has 0 atom stereocenters. The lowest BCUT2D eigenvalue weighted by Gasteiger charge is -2.08. The highest BCUT2D eigenvalue weighted by atomic mass is 16.5. The fourth-order valence-corrected chi connectivity index (χ4v) is 1.26. The van der Waals surface area contributed by atoms with Crippen LogP contribution in [0.1, 0.15) is 6.92 Å². The molecule has 2 amide bonds. The summed E-state index contributed by atoms with van der Waals surface area (Å²) in [7, 11) is 0. The van der Waals surface area contributed by atoms with Crippen LogP contribution in [0.15, 0.2) is 18.3 Å². The Hall–Kier alpha value is -2.35. The first-order valence-corrected chi connectivity index (χ1v) is 6.05. The van der Waals surface area contributed by atoms with E-state index in [1.807, 2.05) is 6.92 Å². The van der Waals surface area contributed by atoms with Crippen LogP contribution in [0.25, 0.3) is 0 Å². The molecule has 0 saturated carbocycles. The van der Waals surface area contributed by atoms with Crippen LogP contribution in [0, 0.1) is 0 Å². The van der Waals surface area contributed by atoms with Crippen LogP contribution in [0.5, 0.6) is 5.88 Å². The largest absolute Gasteiger partial charge is 0.480 e. The molecule has 1 heterocycles. The zero-order valence-electron chi connectivity index (χ0n) is 11.1. The zero-order valence-corrected chi connectivity index (χ0v) is 11.1. The van der Waals surface area contributed by atoms with Crippen molar-refractivity contribution in [2.24, 2.45) is 0 Å². The minimum absolute atomic E-state index is 0.126. The molecule has 3 N–H and O–H groups in total. The molecular weight excluding hydrogens is 266 g/mol. The monoisotopic (exact) mass is 283 g/mol. The second kappa shape index (κ2) is 8.70. The molecule has 0 unspecified atom stereocenters. The Bertz CT molecular complexity index is 435. The molecule has 0 fully saturated rings. The first kappa shape index (κ1) is 15.7. The number of hydrogen-bond donors (Lipinski definition) is 3. The van der Waals surface area contributed by atoms with Gasteiger partial charge in [-0.3, -0.25) is 0 Å². The molecule has 0 aliphatic carbocycles. The van der Waals surface area contributed by atoms with Crippen LogP contribution < -0.4 is 15.4 Å². The van der Waals surface area contributed by atoms with Crippen molar-refractivity contribution in [1.82, 2.24) is 10.3 Å². The van der Waals surface area contributed by atoms with E-state index in [1.54, 1.807) is 12.1 Å². The van der Waals surface area contributed by atoms with Crippen molar-refractivity contribution in [2.75, 3.05) is 31.7 Å². The number of rotatable bonds is 8. The van der Waals surface area contributed by atoms with Gasteiger partial charge in [-0.05, 0) is 13.0 Å². The van der Waals surface area contributed by atoms with Gasteiger partial charge in [-0.1, -0.05) is 0 Å². The number of anilines is 1. The fourth-order valence-electron chi connectivity index (χ4n) is 1.26. The lowest BCUT2D eigenvalue weighted by atomic mass is 10.4. The maximum Gasteiger partial charge on any atom is 0.329 e. The molecule has 8 heteroatoms. The van der Waals surface area contributed by atoms with Gasteiger partial charge in [0.2, 0.25) is 5.88 Å². The Morgan fingerprint density at radius 3 is 2.80 bits per heavy atom. The van der Waals surface area contributed by atoms with E-state index in [9.17, 15) is 9.59 Å². The molecule has 0 bridgehead atoms. The normalized spacial score (nSPS) is 9.85. The van der Waals surface area contributed by atoms with Gasteiger partial charge in [0.05, 0.1) is 25.1 Å². The fraction of sp³-hybridized carbons (Fsp3) is 0.417. The Morgan fingerprint density at radius 2 is 2.20 bits per heavy atom. The third-order valence-electron chi connectivity index (χ3n) is 2.04. The summed E-state index contributed by atoms with van der Waals surface area (Å²) in [5.41, 5.74) is 0.525. The molecule has 0 aromatic carbocycles. The number of carbonyl (C=O) groups is 2. The minimum atomic E-state index is -1.05. The van der Waals surface area contributed by atoms with Crippen LogP contribution in [0.2, 0.25) is 0 Å². The van der Waals surface area contributed by atoms with Gasteiger partial charge in [-0.15, -0.1) is 0 Å². The average Bonchev–Trinajstić information content (AvgIpc) is 2.40. The number of carboxylic acid groups (broad SMARTS) is 1. The highest BCUT2D eigenvalue weighted by molar-refractivity contribution is 5.88. The predicted octanol–water partition coefficient (Wildman–Crippen LogP) is 0.703. The van der Waals surface area contributed by atoms with E-state index in [2.05, 4.69) is 15.6 Å². The summed E-state index contributed by atoms with van der Waals surface area (Å²) in [6, 6.07) is 2.89. The molecule has 0 aliphatic heterocycles. The number of urea groups is 1. The van der Waals surface area contributed by atoms with Crippen molar-refractivity contribution in [1.29, 1.82) is 0 Å². The van der Waals surface area contributed by atoms with Crippen LogP contribution in [-0.2, 0) is 9.53 Å². The van der Waals surface area contributed by atoms with Crippen LogP contribution >= 0.6 is 0 Å². The van der Waals surface area contributed by atoms with E-state index >= 15 is 0 Å². The van der Waals surface area contributed by atoms with Crippen molar-refractivity contribution in [3.8, 4) is 5.88 Å². The van der Waals surface area contributed by atoms with E-state index in [4.69, 9.17) is 14.6 Å². The summed E-state index contributed by atoms with van der Waals surface area (Å²) < 4.78 is 9.94. The number of carboxylic acids is 1. The first-order valence-electron chi connectivity index (χ1n) is 6.05. The number of nitrogens with zero attached hydrogens (tertiary/aromatic N) is 1. The summed E-state index contributed by atoms with van der Waals surface area (Å²) in [6.45, 7) is 2.33. The number of pyridine rings is 1. The van der Waals surface area contributed by atoms with Gasteiger partial charge in [0.1, 0.15) is 6.61 Å². The van der Waals surface area contributed by atoms with Gasteiger partial charge < -0.3 is 25.2 Å². The Morgan fingerprint density at radius 1 is 1.40 bits per heavy atom.